The normalized spacial score (nSPS) is 21.7. The number of alkyl halides is 3. The number of carbonyl (C=O) groups excluding carboxylic acids is 1. The number of carbonyl (C=O) groups is 1. The zero-order chi connectivity index (χ0) is 25.0. The maximum absolute atomic E-state index is 13.4. The summed E-state index contributed by atoms with van der Waals surface area (Å²) in [6.45, 7) is 2.36. The second-order valence-electron chi connectivity index (χ2n) is 9.25. The summed E-state index contributed by atoms with van der Waals surface area (Å²) in [6.07, 6.45) is -0.312. The minimum atomic E-state index is -4.40. The van der Waals surface area contributed by atoms with Crippen molar-refractivity contribution in [1.29, 1.82) is 5.26 Å². The molecule has 2 atom stereocenters. The average molecular weight is 491 g/mol. The number of nitriles is 1. The molecule has 2 aliphatic rings. The van der Waals surface area contributed by atoms with E-state index in [1.165, 1.54) is 12.1 Å². The number of likely N-dealkylation sites (tertiary alicyclic amines) is 2. The molecule has 1 aromatic heterocycles. The molecule has 0 bridgehead atoms. The molecule has 3 heterocycles. The first-order valence-corrected chi connectivity index (χ1v) is 11.8. The van der Waals surface area contributed by atoms with Crippen LogP contribution in [0.1, 0.15) is 53.8 Å². The Morgan fingerprint density at radius 3 is 2.49 bits per heavy atom. The molecule has 1 aromatic carbocycles. The lowest BCUT2D eigenvalue weighted by Crippen LogP contribution is -2.51. The Balaban J connectivity index is 1.55. The number of oxazole rings is 1. The Morgan fingerprint density at radius 1 is 1.17 bits per heavy atom. The van der Waals surface area contributed by atoms with Gasteiger partial charge in [0, 0.05) is 51.5 Å². The maximum atomic E-state index is 13.4. The van der Waals surface area contributed by atoms with Gasteiger partial charge in [-0.2, -0.15) is 18.4 Å². The molecule has 0 N–H and O–H groups in total. The number of nitrogens with zero attached hydrogens (tertiary/aromatic N) is 4. The molecular weight excluding hydrogens is 461 g/mol. The Kier molecular flexibility index (Phi) is 7.65. The Morgan fingerprint density at radius 2 is 1.86 bits per heavy atom. The standard InChI is InChI=1S/C25H29F3N4O3/c1-34-11-8-22-16-35-23(30-22)20-12-19(18-2-4-21(5-3-18)25(26,27)28)14-32(15-20)24(33)31-9-6-17(13-29)7-10-31/h2-5,16-17,19-20H,6-12,14-15H2,1H3. The predicted octanol–water partition coefficient (Wildman–Crippen LogP) is 4.81. The van der Waals surface area contributed by atoms with Gasteiger partial charge < -0.3 is 19.0 Å². The van der Waals surface area contributed by atoms with Gasteiger partial charge in [-0.15, -0.1) is 0 Å². The first kappa shape index (κ1) is 25.0. The van der Waals surface area contributed by atoms with E-state index >= 15 is 0 Å². The molecule has 188 valence electrons. The topological polar surface area (TPSA) is 82.6 Å². The largest absolute Gasteiger partial charge is 0.448 e. The second-order valence-corrected chi connectivity index (χ2v) is 9.25. The smallest absolute Gasteiger partial charge is 0.416 e. The van der Waals surface area contributed by atoms with E-state index in [-0.39, 0.29) is 23.8 Å². The monoisotopic (exact) mass is 490 g/mol. The average Bonchev–Trinajstić information content (AvgIpc) is 3.35. The van der Waals surface area contributed by atoms with E-state index in [4.69, 9.17) is 14.4 Å². The minimum absolute atomic E-state index is 0.0362. The van der Waals surface area contributed by atoms with Gasteiger partial charge in [-0.25, -0.2) is 9.78 Å². The molecule has 2 aromatic rings. The first-order chi connectivity index (χ1) is 16.8. The van der Waals surface area contributed by atoms with Crippen LogP contribution in [0.15, 0.2) is 34.9 Å². The lowest BCUT2D eigenvalue weighted by molar-refractivity contribution is -0.137. The number of rotatable bonds is 5. The van der Waals surface area contributed by atoms with Crippen molar-refractivity contribution in [1.82, 2.24) is 14.8 Å². The predicted molar refractivity (Wildman–Crippen MR) is 121 cm³/mol. The Bertz CT molecular complexity index is 1040. The highest BCUT2D eigenvalue weighted by atomic mass is 19.4. The fourth-order valence-corrected chi connectivity index (χ4v) is 4.85. The van der Waals surface area contributed by atoms with Crippen LogP contribution in [0.2, 0.25) is 0 Å². The van der Waals surface area contributed by atoms with Crippen molar-refractivity contribution in [3.63, 3.8) is 0 Å². The third-order valence-electron chi connectivity index (χ3n) is 6.86. The molecule has 35 heavy (non-hydrogen) atoms. The lowest BCUT2D eigenvalue weighted by Gasteiger charge is -2.40. The zero-order valence-electron chi connectivity index (χ0n) is 19.6. The SMILES string of the molecule is COCCc1coc(C2CC(c3ccc(C(F)(F)F)cc3)CN(C(=O)N3CCC(C#N)CC3)C2)n1. The van der Waals surface area contributed by atoms with Crippen LogP contribution >= 0.6 is 0 Å². The highest BCUT2D eigenvalue weighted by molar-refractivity contribution is 5.75. The van der Waals surface area contributed by atoms with Crippen LogP contribution in [-0.2, 0) is 17.3 Å². The van der Waals surface area contributed by atoms with Gasteiger partial charge in [-0.05, 0) is 37.0 Å². The highest BCUT2D eigenvalue weighted by Gasteiger charge is 2.37. The summed E-state index contributed by atoms with van der Waals surface area (Å²) < 4.78 is 50.0. The Hall–Kier alpha value is -3.06. The first-order valence-electron chi connectivity index (χ1n) is 11.8. The van der Waals surface area contributed by atoms with Crippen LogP contribution in [0.5, 0.6) is 0 Å². The number of benzene rings is 1. The number of hydrogen-bond donors (Lipinski definition) is 0. The van der Waals surface area contributed by atoms with Gasteiger partial charge in [-0.1, -0.05) is 12.1 Å². The fraction of sp³-hybridized carbons (Fsp3) is 0.560. The van der Waals surface area contributed by atoms with Crippen molar-refractivity contribution in [2.45, 2.75) is 43.7 Å². The van der Waals surface area contributed by atoms with Gasteiger partial charge in [0.2, 0.25) is 0 Å². The molecule has 2 fully saturated rings. The van der Waals surface area contributed by atoms with Crippen LogP contribution in [-0.4, -0.2) is 60.7 Å². The summed E-state index contributed by atoms with van der Waals surface area (Å²) in [5, 5.41) is 9.15. The molecule has 10 heteroatoms. The van der Waals surface area contributed by atoms with E-state index in [1.807, 2.05) is 0 Å². The third kappa shape index (κ3) is 5.96. The molecular formula is C25H29F3N4O3. The number of urea groups is 1. The summed E-state index contributed by atoms with van der Waals surface area (Å²) in [7, 11) is 1.61. The molecule has 4 rings (SSSR count). The van der Waals surface area contributed by atoms with Crippen molar-refractivity contribution in [2.24, 2.45) is 5.92 Å². The van der Waals surface area contributed by atoms with Crippen molar-refractivity contribution in [3.05, 3.63) is 53.2 Å². The van der Waals surface area contributed by atoms with Crippen LogP contribution < -0.4 is 0 Å². The van der Waals surface area contributed by atoms with Gasteiger partial charge >= 0.3 is 12.2 Å². The van der Waals surface area contributed by atoms with Gasteiger partial charge in [0.25, 0.3) is 0 Å². The van der Waals surface area contributed by atoms with E-state index in [0.29, 0.717) is 64.4 Å². The maximum Gasteiger partial charge on any atom is 0.416 e. The van der Waals surface area contributed by atoms with Gasteiger partial charge in [0.15, 0.2) is 5.89 Å². The van der Waals surface area contributed by atoms with E-state index in [1.54, 1.807) is 23.2 Å². The number of aromatic nitrogens is 1. The quantitative estimate of drug-likeness (QED) is 0.601. The van der Waals surface area contributed by atoms with Crippen LogP contribution in [0.3, 0.4) is 0 Å². The third-order valence-corrected chi connectivity index (χ3v) is 6.86. The second kappa shape index (κ2) is 10.7. The van der Waals surface area contributed by atoms with Gasteiger partial charge in [0.1, 0.15) is 6.26 Å². The molecule has 0 spiro atoms. The number of amides is 2. The number of halogens is 3. The number of ether oxygens (including phenoxy) is 1. The highest BCUT2D eigenvalue weighted by Crippen LogP contribution is 2.37. The zero-order valence-corrected chi connectivity index (χ0v) is 19.6. The summed E-state index contributed by atoms with van der Waals surface area (Å²) >= 11 is 0. The van der Waals surface area contributed by atoms with Crippen molar-refractivity contribution in [2.75, 3.05) is 39.9 Å². The van der Waals surface area contributed by atoms with Crippen LogP contribution in [0.25, 0.3) is 0 Å². The Labute approximate surface area is 202 Å². The summed E-state index contributed by atoms with van der Waals surface area (Å²) in [4.78, 5) is 21.5. The van der Waals surface area contributed by atoms with E-state index in [2.05, 4.69) is 11.1 Å². The molecule has 2 unspecified atom stereocenters. The van der Waals surface area contributed by atoms with Crippen LogP contribution in [0, 0.1) is 17.2 Å². The lowest BCUT2D eigenvalue weighted by atomic mass is 9.84. The van der Waals surface area contributed by atoms with E-state index in [9.17, 15) is 18.0 Å². The minimum Gasteiger partial charge on any atom is -0.448 e. The number of hydrogen-bond acceptors (Lipinski definition) is 5. The number of piperidine rings is 2. The van der Waals surface area contributed by atoms with Gasteiger partial charge in [-0.3, -0.25) is 0 Å². The molecule has 2 saturated heterocycles. The van der Waals surface area contributed by atoms with Crippen LogP contribution in [0.4, 0.5) is 18.0 Å². The molecule has 0 aliphatic carbocycles. The van der Waals surface area contributed by atoms with Gasteiger partial charge in [0.05, 0.1) is 29.9 Å². The molecule has 0 radical (unpaired) electrons. The summed E-state index contributed by atoms with van der Waals surface area (Å²) in [5.41, 5.74) is 0.808. The summed E-state index contributed by atoms with van der Waals surface area (Å²) in [5.74, 6) is 0.137. The van der Waals surface area contributed by atoms with E-state index in [0.717, 1.165) is 23.4 Å². The van der Waals surface area contributed by atoms with Crippen molar-refractivity contribution in [3.8, 4) is 6.07 Å². The van der Waals surface area contributed by atoms with Crippen molar-refractivity contribution < 1.29 is 27.1 Å². The molecule has 2 amide bonds. The summed E-state index contributed by atoms with van der Waals surface area (Å²) in [6, 6.07) is 7.33. The number of methoxy groups -OCH3 is 1. The van der Waals surface area contributed by atoms with E-state index < -0.39 is 11.7 Å². The molecule has 0 saturated carbocycles. The fourth-order valence-electron chi connectivity index (χ4n) is 4.85. The molecule has 2 aliphatic heterocycles. The molecule has 7 nitrogen and oxygen atoms in total. The van der Waals surface area contributed by atoms with Crippen molar-refractivity contribution >= 4 is 6.03 Å².